The predicted octanol–water partition coefficient (Wildman–Crippen LogP) is 3.20. The van der Waals surface area contributed by atoms with Crippen LogP contribution >= 0.6 is 0 Å². The first-order valence-electron chi connectivity index (χ1n) is 7.45. The van der Waals surface area contributed by atoms with Crippen molar-refractivity contribution in [1.82, 2.24) is 15.0 Å². The van der Waals surface area contributed by atoms with Crippen LogP contribution in [-0.4, -0.2) is 28.6 Å². The van der Waals surface area contributed by atoms with Crippen LogP contribution in [0, 0.1) is 0 Å². The summed E-state index contributed by atoms with van der Waals surface area (Å²) in [6.45, 7) is 0.767. The molecule has 2 aromatic heterocycles. The molecule has 0 amide bonds. The van der Waals surface area contributed by atoms with E-state index in [0.717, 1.165) is 30.0 Å². The standard InChI is InChI=1S/C18H18N4O/c1-23-16-6-4-14(5-7-16)8-11-20-18-21-12-9-17(22-18)15-3-2-10-19-13-15/h2-7,9-10,12-13H,8,11H2,1H3,(H,20,21,22). The first-order valence-corrected chi connectivity index (χ1v) is 7.45. The lowest BCUT2D eigenvalue weighted by atomic mass is 10.1. The van der Waals surface area contributed by atoms with Gasteiger partial charge in [-0.3, -0.25) is 4.98 Å². The summed E-state index contributed by atoms with van der Waals surface area (Å²) in [5.41, 5.74) is 3.08. The van der Waals surface area contributed by atoms with Crippen LogP contribution in [0.2, 0.25) is 0 Å². The molecule has 0 saturated heterocycles. The van der Waals surface area contributed by atoms with E-state index < -0.39 is 0 Å². The molecule has 1 N–H and O–H groups in total. The van der Waals surface area contributed by atoms with Crippen molar-refractivity contribution in [1.29, 1.82) is 0 Å². The van der Waals surface area contributed by atoms with Gasteiger partial charge in [-0.05, 0) is 42.3 Å². The lowest BCUT2D eigenvalue weighted by Gasteiger charge is -2.07. The molecule has 0 aliphatic rings. The number of nitrogens with one attached hydrogen (secondary N) is 1. The van der Waals surface area contributed by atoms with Crippen molar-refractivity contribution >= 4 is 5.95 Å². The fourth-order valence-corrected chi connectivity index (χ4v) is 2.23. The minimum absolute atomic E-state index is 0.625. The van der Waals surface area contributed by atoms with Gasteiger partial charge in [-0.15, -0.1) is 0 Å². The molecule has 5 heteroatoms. The molecule has 23 heavy (non-hydrogen) atoms. The Morgan fingerprint density at radius 2 is 1.91 bits per heavy atom. The average Bonchev–Trinajstić information content (AvgIpc) is 2.63. The number of anilines is 1. The number of benzene rings is 1. The maximum absolute atomic E-state index is 5.16. The molecule has 3 aromatic rings. The highest BCUT2D eigenvalue weighted by molar-refractivity contribution is 5.58. The maximum Gasteiger partial charge on any atom is 0.223 e. The number of hydrogen-bond donors (Lipinski definition) is 1. The van der Waals surface area contributed by atoms with Crippen molar-refractivity contribution in [2.24, 2.45) is 0 Å². The molecule has 0 radical (unpaired) electrons. The third kappa shape index (κ3) is 4.03. The Morgan fingerprint density at radius 1 is 1.04 bits per heavy atom. The van der Waals surface area contributed by atoms with E-state index in [1.54, 1.807) is 25.7 Å². The van der Waals surface area contributed by atoms with E-state index in [-0.39, 0.29) is 0 Å². The first-order chi connectivity index (χ1) is 11.3. The SMILES string of the molecule is COc1ccc(CCNc2nccc(-c3cccnc3)n2)cc1. The van der Waals surface area contributed by atoms with Crippen LogP contribution in [0.15, 0.2) is 61.1 Å². The van der Waals surface area contributed by atoms with Crippen molar-refractivity contribution < 1.29 is 4.74 Å². The topological polar surface area (TPSA) is 59.9 Å². The zero-order valence-electron chi connectivity index (χ0n) is 12.9. The summed E-state index contributed by atoms with van der Waals surface area (Å²) >= 11 is 0. The van der Waals surface area contributed by atoms with Gasteiger partial charge in [-0.25, -0.2) is 9.97 Å². The molecular formula is C18H18N4O. The zero-order chi connectivity index (χ0) is 15.9. The van der Waals surface area contributed by atoms with Crippen LogP contribution in [0.25, 0.3) is 11.3 Å². The van der Waals surface area contributed by atoms with Crippen molar-refractivity contribution in [3.8, 4) is 17.0 Å². The second-order valence-corrected chi connectivity index (χ2v) is 5.03. The smallest absolute Gasteiger partial charge is 0.223 e. The summed E-state index contributed by atoms with van der Waals surface area (Å²) in [7, 11) is 1.67. The monoisotopic (exact) mass is 306 g/mol. The molecular weight excluding hydrogens is 288 g/mol. The molecule has 0 unspecified atom stereocenters. The van der Waals surface area contributed by atoms with Crippen LogP contribution in [0.3, 0.4) is 0 Å². The lowest BCUT2D eigenvalue weighted by molar-refractivity contribution is 0.414. The molecule has 0 saturated carbocycles. The van der Waals surface area contributed by atoms with Crippen LogP contribution in [0.4, 0.5) is 5.95 Å². The van der Waals surface area contributed by atoms with E-state index in [2.05, 4.69) is 32.4 Å². The van der Waals surface area contributed by atoms with Gasteiger partial charge in [0.05, 0.1) is 12.8 Å². The summed E-state index contributed by atoms with van der Waals surface area (Å²) < 4.78 is 5.16. The third-order valence-corrected chi connectivity index (χ3v) is 3.47. The predicted molar refractivity (Wildman–Crippen MR) is 90.5 cm³/mol. The molecule has 2 heterocycles. The molecule has 3 rings (SSSR count). The van der Waals surface area contributed by atoms with Gasteiger partial charge in [0.25, 0.3) is 0 Å². The second-order valence-electron chi connectivity index (χ2n) is 5.03. The summed E-state index contributed by atoms with van der Waals surface area (Å²) in [6, 6.07) is 13.8. The van der Waals surface area contributed by atoms with Gasteiger partial charge >= 0.3 is 0 Å². The van der Waals surface area contributed by atoms with Crippen molar-refractivity contribution in [2.45, 2.75) is 6.42 Å². The molecule has 0 aliphatic heterocycles. The summed E-state index contributed by atoms with van der Waals surface area (Å²) in [6.07, 6.45) is 6.19. The van der Waals surface area contributed by atoms with Crippen LogP contribution in [-0.2, 0) is 6.42 Å². The zero-order valence-corrected chi connectivity index (χ0v) is 12.9. The van der Waals surface area contributed by atoms with E-state index in [4.69, 9.17) is 4.74 Å². The number of ether oxygens (including phenoxy) is 1. The van der Waals surface area contributed by atoms with E-state index in [9.17, 15) is 0 Å². The Morgan fingerprint density at radius 3 is 2.65 bits per heavy atom. The number of nitrogens with zero attached hydrogens (tertiary/aromatic N) is 3. The van der Waals surface area contributed by atoms with E-state index in [1.807, 2.05) is 30.3 Å². The fourth-order valence-electron chi connectivity index (χ4n) is 2.23. The Labute approximate surface area is 135 Å². The lowest BCUT2D eigenvalue weighted by Crippen LogP contribution is -2.08. The Hall–Kier alpha value is -2.95. The number of rotatable bonds is 6. The Balaban J connectivity index is 1.60. The highest BCUT2D eigenvalue weighted by atomic mass is 16.5. The number of pyridine rings is 1. The minimum Gasteiger partial charge on any atom is -0.497 e. The van der Waals surface area contributed by atoms with E-state index >= 15 is 0 Å². The van der Waals surface area contributed by atoms with Gasteiger partial charge in [-0.2, -0.15) is 0 Å². The van der Waals surface area contributed by atoms with Crippen molar-refractivity contribution in [2.75, 3.05) is 19.0 Å². The molecule has 1 aromatic carbocycles. The first kappa shape index (κ1) is 15.0. The van der Waals surface area contributed by atoms with Crippen LogP contribution in [0.1, 0.15) is 5.56 Å². The van der Waals surface area contributed by atoms with Gasteiger partial charge < -0.3 is 10.1 Å². The van der Waals surface area contributed by atoms with Crippen molar-refractivity contribution in [3.63, 3.8) is 0 Å². The van der Waals surface area contributed by atoms with Gasteiger partial charge in [0.15, 0.2) is 0 Å². The van der Waals surface area contributed by atoms with Crippen molar-refractivity contribution in [3.05, 3.63) is 66.6 Å². The van der Waals surface area contributed by atoms with Crippen LogP contribution in [0.5, 0.6) is 5.75 Å². The maximum atomic E-state index is 5.16. The second kappa shape index (κ2) is 7.35. The van der Waals surface area contributed by atoms with Gasteiger partial charge in [-0.1, -0.05) is 12.1 Å². The Kier molecular flexibility index (Phi) is 4.79. The molecule has 5 nitrogen and oxygen atoms in total. The summed E-state index contributed by atoms with van der Waals surface area (Å²) in [5, 5.41) is 3.26. The normalized spacial score (nSPS) is 10.3. The number of methoxy groups -OCH3 is 1. The molecule has 0 spiro atoms. The molecule has 0 fully saturated rings. The summed E-state index contributed by atoms with van der Waals surface area (Å²) in [4.78, 5) is 12.9. The average molecular weight is 306 g/mol. The minimum atomic E-state index is 0.625. The quantitative estimate of drug-likeness (QED) is 0.758. The molecule has 0 aliphatic carbocycles. The van der Waals surface area contributed by atoms with E-state index in [1.165, 1.54) is 5.56 Å². The van der Waals surface area contributed by atoms with Crippen LogP contribution < -0.4 is 10.1 Å². The third-order valence-electron chi connectivity index (χ3n) is 3.47. The Bertz CT molecular complexity index is 744. The number of hydrogen-bond acceptors (Lipinski definition) is 5. The fraction of sp³-hybridized carbons (Fsp3) is 0.167. The highest BCUT2D eigenvalue weighted by Gasteiger charge is 2.02. The molecule has 0 bridgehead atoms. The summed E-state index contributed by atoms with van der Waals surface area (Å²) in [5.74, 6) is 1.49. The van der Waals surface area contributed by atoms with E-state index in [0.29, 0.717) is 5.95 Å². The van der Waals surface area contributed by atoms with Gasteiger partial charge in [0, 0.05) is 30.7 Å². The number of aromatic nitrogens is 3. The molecule has 0 atom stereocenters. The molecule has 116 valence electrons. The highest BCUT2D eigenvalue weighted by Crippen LogP contribution is 2.16. The van der Waals surface area contributed by atoms with Gasteiger partial charge in [0.2, 0.25) is 5.95 Å². The largest absolute Gasteiger partial charge is 0.497 e. The van der Waals surface area contributed by atoms with Gasteiger partial charge in [0.1, 0.15) is 5.75 Å².